The summed E-state index contributed by atoms with van der Waals surface area (Å²) >= 11 is 0. The molecule has 3 N–H and O–H groups in total. The molecule has 2 rings (SSSR count). The number of aryl methyl sites for hydroxylation is 1. The monoisotopic (exact) mass is 321 g/mol. The van der Waals surface area contributed by atoms with E-state index in [4.69, 9.17) is 10.3 Å². The van der Waals surface area contributed by atoms with Crippen LogP contribution < -0.4 is 5.73 Å². The van der Waals surface area contributed by atoms with Crippen LogP contribution in [0.25, 0.3) is 11.1 Å². The number of pyridine rings is 1. The Morgan fingerprint density at radius 3 is 2.52 bits per heavy atom. The predicted octanol–water partition coefficient (Wildman–Crippen LogP) is 3.29. The maximum absolute atomic E-state index is 14.0. The third kappa shape index (κ3) is 2.77. The van der Waals surface area contributed by atoms with Crippen LogP contribution in [0.2, 0.25) is 0 Å². The van der Waals surface area contributed by atoms with E-state index in [1.807, 2.05) is 27.7 Å². The molecule has 0 amide bonds. The topological polar surface area (TPSA) is 85.2 Å². The van der Waals surface area contributed by atoms with Crippen LogP contribution in [0.1, 0.15) is 51.1 Å². The zero-order valence-corrected chi connectivity index (χ0v) is 14.3. The first-order valence-corrected chi connectivity index (χ1v) is 7.67. The van der Waals surface area contributed by atoms with Gasteiger partial charge in [-0.15, -0.1) is 0 Å². The lowest BCUT2D eigenvalue weighted by Crippen LogP contribution is -2.48. The van der Waals surface area contributed by atoms with E-state index in [2.05, 4.69) is 10.1 Å². The van der Waals surface area contributed by atoms with Crippen molar-refractivity contribution in [2.75, 3.05) is 0 Å². The van der Waals surface area contributed by atoms with Gasteiger partial charge in [0.15, 0.2) is 5.76 Å². The number of rotatable bonds is 4. The van der Waals surface area contributed by atoms with Crippen molar-refractivity contribution in [1.29, 1.82) is 0 Å². The minimum absolute atomic E-state index is 0.118. The molecule has 0 aliphatic carbocycles. The number of halogens is 1. The average molecular weight is 321 g/mol. The maximum Gasteiger partial charge on any atom is 0.218 e. The van der Waals surface area contributed by atoms with Crippen molar-refractivity contribution in [3.8, 4) is 11.1 Å². The van der Waals surface area contributed by atoms with Gasteiger partial charge < -0.3 is 15.4 Å². The SMILES string of the molecule is CC[C@@](N)(c1onc(C)c1-c1ccnc(F)c1CO)C(C)(C)C. The lowest BCUT2D eigenvalue weighted by Gasteiger charge is -2.39. The first-order valence-electron chi connectivity index (χ1n) is 7.67. The van der Waals surface area contributed by atoms with Crippen molar-refractivity contribution in [3.63, 3.8) is 0 Å². The van der Waals surface area contributed by atoms with Gasteiger partial charge in [0.2, 0.25) is 5.95 Å². The Hall–Kier alpha value is -1.79. The molecule has 0 aromatic carbocycles. The van der Waals surface area contributed by atoms with Crippen LogP contribution in [0.4, 0.5) is 4.39 Å². The zero-order valence-electron chi connectivity index (χ0n) is 14.3. The largest absolute Gasteiger partial charge is 0.391 e. The van der Waals surface area contributed by atoms with Gasteiger partial charge >= 0.3 is 0 Å². The number of nitrogens with two attached hydrogens (primary N) is 1. The molecule has 6 heteroatoms. The molecule has 1 atom stereocenters. The number of hydrogen-bond acceptors (Lipinski definition) is 5. The van der Waals surface area contributed by atoms with Crippen molar-refractivity contribution >= 4 is 0 Å². The lowest BCUT2D eigenvalue weighted by atomic mass is 9.69. The fraction of sp³-hybridized carbons (Fsp3) is 0.529. The summed E-state index contributed by atoms with van der Waals surface area (Å²) in [7, 11) is 0. The van der Waals surface area contributed by atoms with Gasteiger partial charge in [0.05, 0.1) is 23.4 Å². The molecule has 0 spiro atoms. The van der Waals surface area contributed by atoms with Crippen LogP contribution in [0.15, 0.2) is 16.8 Å². The molecular weight excluding hydrogens is 297 g/mol. The van der Waals surface area contributed by atoms with E-state index in [0.717, 1.165) is 0 Å². The molecule has 0 aliphatic rings. The highest BCUT2D eigenvalue weighted by Crippen LogP contribution is 2.45. The van der Waals surface area contributed by atoms with Gasteiger partial charge in [-0.05, 0) is 30.4 Å². The second-order valence-electron chi connectivity index (χ2n) is 6.83. The Morgan fingerprint density at radius 2 is 2.00 bits per heavy atom. The first kappa shape index (κ1) is 17.6. The summed E-state index contributed by atoms with van der Waals surface area (Å²) in [6.07, 6.45) is 1.99. The van der Waals surface area contributed by atoms with Crippen LogP contribution in [0, 0.1) is 18.3 Å². The maximum atomic E-state index is 14.0. The Labute approximate surface area is 135 Å². The van der Waals surface area contributed by atoms with Gasteiger partial charge in [-0.25, -0.2) is 4.98 Å². The Morgan fingerprint density at radius 1 is 1.35 bits per heavy atom. The van der Waals surface area contributed by atoms with Crippen molar-refractivity contribution in [2.24, 2.45) is 11.1 Å². The third-order valence-electron chi connectivity index (χ3n) is 4.59. The molecule has 0 saturated carbocycles. The van der Waals surface area contributed by atoms with E-state index in [0.29, 0.717) is 29.0 Å². The van der Waals surface area contributed by atoms with E-state index in [1.54, 1.807) is 13.0 Å². The summed E-state index contributed by atoms with van der Waals surface area (Å²) in [6.45, 7) is 9.38. The van der Waals surface area contributed by atoms with Gasteiger partial charge in [-0.2, -0.15) is 4.39 Å². The van der Waals surface area contributed by atoms with Crippen molar-refractivity contribution < 1.29 is 14.0 Å². The molecule has 126 valence electrons. The molecule has 0 bridgehead atoms. The van der Waals surface area contributed by atoms with Crippen LogP contribution >= 0.6 is 0 Å². The van der Waals surface area contributed by atoms with E-state index in [1.165, 1.54) is 6.20 Å². The van der Waals surface area contributed by atoms with Gasteiger partial charge in [-0.3, -0.25) is 0 Å². The van der Waals surface area contributed by atoms with Crippen LogP contribution in [0.3, 0.4) is 0 Å². The fourth-order valence-electron chi connectivity index (χ4n) is 2.87. The van der Waals surface area contributed by atoms with Gasteiger partial charge in [-0.1, -0.05) is 32.9 Å². The minimum atomic E-state index is -0.782. The molecule has 23 heavy (non-hydrogen) atoms. The number of aliphatic hydroxyl groups is 1. The minimum Gasteiger partial charge on any atom is -0.391 e. The number of aromatic nitrogens is 2. The lowest BCUT2D eigenvalue weighted by molar-refractivity contribution is 0.138. The molecule has 0 saturated heterocycles. The van der Waals surface area contributed by atoms with Crippen LogP contribution in [0.5, 0.6) is 0 Å². The smallest absolute Gasteiger partial charge is 0.218 e. The van der Waals surface area contributed by atoms with E-state index in [-0.39, 0.29) is 11.0 Å². The standard InChI is InChI=1S/C17H24FN3O2/c1-6-17(19,16(3,4)5)14-13(10(2)21-23-14)11-7-8-20-15(18)12(11)9-22/h7-8,22H,6,9,19H2,1-5H3/t17-/m1/s1. The highest BCUT2D eigenvalue weighted by atomic mass is 19.1. The molecule has 0 radical (unpaired) electrons. The highest BCUT2D eigenvalue weighted by molar-refractivity contribution is 5.72. The van der Waals surface area contributed by atoms with E-state index < -0.39 is 18.1 Å². The van der Waals surface area contributed by atoms with Crippen LogP contribution in [-0.4, -0.2) is 15.2 Å². The second-order valence-corrected chi connectivity index (χ2v) is 6.83. The van der Waals surface area contributed by atoms with Crippen molar-refractivity contribution in [3.05, 3.63) is 35.2 Å². The Balaban J connectivity index is 2.77. The predicted molar refractivity (Wildman–Crippen MR) is 86.0 cm³/mol. The molecule has 2 heterocycles. The molecular formula is C17H24FN3O2. The first-order chi connectivity index (χ1) is 10.7. The molecule has 0 fully saturated rings. The summed E-state index contributed by atoms with van der Waals surface area (Å²) < 4.78 is 19.5. The molecule has 0 unspecified atom stereocenters. The van der Waals surface area contributed by atoms with Crippen molar-refractivity contribution in [2.45, 2.75) is 53.2 Å². The van der Waals surface area contributed by atoms with Crippen LogP contribution in [-0.2, 0) is 12.1 Å². The van der Waals surface area contributed by atoms with Gasteiger partial charge in [0.1, 0.15) is 0 Å². The van der Waals surface area contributed by atoms with Crippen molar-refractivity contribution in [1.82, 2.24) is 10.1 Å². The quantitative estimate of drug-likeness (QED) is 0.844. The van der Waals surface area contributed by atoms with E-state index >= 15 is 0 Å². The molecule has 0 aliphatic heterocycles. The zero-order chi connectivity index (χ0) is 17.4. The normalized spacial score (nSPS) is 14.8. The number of hydrogen-bond donors (Lipinski definition) is 2. The summed E-state index contributed by atoms with van der Waals surface area (Å²) in [5.74, 6) is -0.197. The third-order valence-corrected chi connectivity index (χ3v) is 4.59. The number of aliphatic hydroxyl groups excluding tert-OH is 1. The highest BCUT2D eigenvalue weighted by Gasteiger charge is 2.44. The van der Waals surface area contributed by atoms with Gasteiger partial charge in [0.25, 0.3) is 0 Å². The van der Waals surface area contributed by atoms with E-state index in [9.17, 15) is 9.50 Å². The fourth-order valence-corrected chi connectivity index (χ4v) is 2.87. The van der Waals surface area contributed by atoms with Gasteiger partial charge in [0, 0.05) is 11.8 Å². The summed E-state index contributed by atoms with van der Waals surface area (Å²) in [5, 5.41) is 13.6. The molecule has 2 aromatic rings. The Kier molecular flexibility index (Phi) is 4.59. The molecule has 5 nitrogen and oxygen atoms in total. The summed E-state index contributed by atoms with van der Waals surface area (Å²) in [6, 6.07) is 1.65. The molecule has 2 aromatic heterocycles. The second kappa shape index (κ2) is 6.02. The number of nitrogens with zero attached hydrogens (tertiary/aromatic N) is 2. The average Bonchev–Trinajstić information content (AvgIpc) is 2.86. The Bertz CT molecular complexity index is 706. The summed E-state index contributed by atoms with van der Waals surface area (Å²) in [4.78, 5) is 3.60. The summed E-state index contributed by atoms with van der Waals surface area (Å²) in [5.41, 5.74) is 7.46.